The van der Waals surface area contributed by atoms with Gasteiger partial charge in [0, 0.05) is 12.2 Å². The van der Waals surface area contributed by atoms with E-state index in [2.05, 4.69) is 18.9 Å². The molecule has 1 aromatic rings. The Morgan fingerprint density at radius 3 is 2.55 bits per heavy atom. The third-order valence-electron chi connectivity index (χ3n) is 1.33. The molecule has 0 N–H and O–H groups in total. The number of alkyl halides is 1. The third kappa shape index (κ3) is 2.72. The molecule has 0 aromatic carbocycles. The van der Waals surface area contributed by atoms with E-state index in [1.54, 1.807) is 0 Å². The monoisotopic (exact) mass is 194 g/mol. The first-order chi connectivity index (χ1) is 4.74. The lowest BCUT2D eigenvalue weighted by Gasteiger charge is -2.02. The molecule has 0 amide bonds. The molecule has 64 valence electrons. The van der Waals surface area contributed by atoms with E-state index in [-0.39, 0.29) is 12.4 Å². The number of aromatic nitrogens is 2. The van der Waals surface area contributed by atoms with Gasteiger partial charge < -0.3 is 0 Å². The van der Waals surface area contributed by atoms with Crippen LogP contribution in [0.15, 0.2) is 12.3 Å². The van der Waals surface area contributed by atoms with Crippen LogP contribution in [0.5, 0.6) is 0 Å². The van der Waals surface area contributed by atoms with E-state index in [1.165, 1.54) is 0 Å². The van der Waals surface area contributed by atoms with Gasteiger partial charge in [-0.05, 0) is 19.9 Å². The summed E-state index contributed by atoms with van der Waals surface area (Å²) in [4.78, 5) is 0. The second kappa shape index (κ2) is 4.62. The minimum absolute atomic E-state index is 0. The fraction of sp³-hybridized carbons (Fsp3) is 0.571. The molecule has 0 unspecified atom stereocenters. The van der Waals surface area contributed by atoms with Crippen LogP contribution >= 0.6 is 24.0 Å². The normalized spacial score (nSPS) is 9.82. The number of nitrogens with zero attached hydrogens (tertiary/aromatic N) is 2. The molecule has 0 spiro atoms. The first-order valence-corrected chi connectivity index (χ1v) is 3.87. The van der Waals surface area contributed by atoms with Gasteiger partial charge in [-0.1, -0.05) is 0 Å². The molecule has 0 saturated carbocycles. The van der Waals surface area contributed by atoms with E-state index in [4.69, 9.17) is 11.6 Å². The Morgan fingerprint density at radius 1 is 1.64 bits per heavy atom. The summed E-state index contributed by atoms with van der Waals surface area (Å²) in [5.41, 5.74) is 0.940. The van der Waals surface area contributed by atoms with Crippen molar-refractivity contribution in [3.8, 4) is 0 Å². The predicted octanol–water partition coefficient (Wildman–Crippen LogP) is 2.62. The third-order valence-corrected chi connectivity index (χ3v) is 1.60. The van der Waals surface area contributed by atoms with Crippen molar-refractivity contribution in [2.75, 3.05) is 0 Å². The Morgan fingerprint density at radius 2 is 2.27 bits per heavy atom. The fourth-order valence-electron chi connectivity index (χ4n) is 0.736. The van der Waals surface area contributed by atoms with E-state index in [1.807, 2.05) is 16.9 Å². The predicted molar refractivity (Wildman–Crippen MR) is 49.4 cm³/mol. The Bertz CT molecular complexity index is 208. The summed E-state index contributed by atoms with van der Waals surface area (Å²) in [7, 11) is 0. The maximum absolute atomic E-state index is 5.57. The molecule has 0 aliphatic carbocycles. The summed E-state index contributed by atoms with van der Waals surface area (Å²) in [6, 6.07) is 2.37. The largest absolute Gasteiger partial charge is 0.270 e. The lowest BCUT2D eigenvalue weighted by molar-refractivity contribution is 0.528. The smallest absolute Gasteiger partial charge is 0.0772 e. The van der Waals surface area contributed by atoms with Crippen molar-refractivity contribution in [3.63, 3.8) is 0 Å². The van der Waals surface area contributed by atoms with Gasteiger partial charge in [0.05, 0.1) is 11.6 Å². The number of halogens is 2. The molecule has 0 aliphatic rings. The average Bonchev–Trinajstić information content (AvgIpc) is 2.34. The number of hydrogen-bond acceptors (Lipinski definition) is 1. The molecule has 0 atom stereocenters. The maximum atomic E-state index is 5.57. The zero-order valence-electron chi connectivity index (χ0n) is 6.62. The second-order valence-corrected chi connectivity index (χ2v) is 2.78. The van der Waals surface area contributed by atoms with E-state index >= 15 is 0 Å². The zero-order valence-corrected chi connectivity index (χ0v) is 8.19. The minimum atomic E-state index is 0. The van der Waals surface area contributed by atoms with Gasteiger partial charge in [0.2, 0.25) is 0 Å². The average molecular weight is 195 g/mol. The highest BCUT2D eigenvalue weighted by Crippen LogP contribution is 2.05. The van der Waals surface area contributed by atoms with Crippen molar-refractivity contribution in [3.05, 3.63) is 18.0 Å². The van der Waals surface area contributed by atoms with Gasteiger partial charge in [-0.3, -0.25) is 4.68 Å². The lowest BCUT2D eigenvalue weighted by atomic mass is 10.4. The van der Waals surface area contributed by atoms with Gasteiger partial charge in [-0.15, -0.1) is 24.0 Å². The molecule has 1 rings (SSSR count). The zero-order chi connectivity index (χ0) is 7.56. The van der Waals surface area contributed by atoms with E-state index < -0.39 is 0 Å². The van der Waals surface area contributed by atoms with Crippen LogP contribution in [0.3, 0.4) is 0 Å². The molecule has 0 bridgehead atoms. The summed E-state index contributed by atoms with van der Waals surface area (Å²) >= 11 is 5.57. The van der Waals surface area contributed by atoms with Gasteiger partial charge in [-0.25, -0.2) is 0 Å². The summed E-state index contributed by atoms with van der Waals surface area (Å²) < 4.78 is 1.90. The van der Waals surface area contributed by atoms with Gasteiger partial charge in [0.15, 0.2) is 0 Å². The maximum Gasteiger partial charge on any atom is 0.0772 e. The highest BCUT2D eigenvalue weighted by molar-refractivity contribution is 6.16. The summed E-state index contributed by atoms with van der Waals surface area (Å²) in [5, 5.41) is 4.21. The van der Waals surface area contributed by atoms with Crippen molar-refractivity contribution >= 4 is 24.0 Å². The number of hydrogen-bond donors (Lipinski definition) is 0. The molecule has 1 aromatic heterocycles. The van der Waals surface area contributed by atoms with Crippen LogP contribution in [0.4, 0.5) is 0 Å². The van der Waals surface area contributed by atoms with Crippen LogP contribution in [0, 0.1) is 0 Å². The van der Waals surface area contributed by atoms with Crippen LogP contribution in [-0.2, 0) is 5.88 Å². The quantitative estimate of drug-likeness (QED) is 0.663. The standard InChI is InChI=1S/C7H11ClN2.ClH/c1-6(2)10-4-3-7(5-8)9-10;/h3-4,6H,5H2,1-2H3;1H. The molecule has 11 heavy (non-hydrogen) atoms. The Balaban J connectivity index is 0.000001000. The van der Waals surface area contributed by atoms with Crippen molar-refractivity contribution < 1.29 is 0 Å². The highest BCUT2D eigenvalue weighted by Gasteiger charge is 1.98. The Labute approximate surface area is 78.0 Å². The van der Waals surface area contributed by atoms with Crippen LogP contribution in [-0.4, -0.2) is 9.78 Å². The second-order valence-electron chi connectivity index (χ2n) is 2.51. The van der Waals surface area contributed by atoms with E-state index in [0.717, 1.165) is 5.69 Å². The SMILES string of the molecule is CC(C)n1ccc(CCl)n1.Cl. The van der Waals surface area contributed by atoms with Crippen molar-refractivity contribution in [1.29, 1.82) is 0 Å². The molecule has 0 aliphatic heterocycles. The van der Waals surface area contributed by atoms with Gasteiger partial charge in [-0.2, -0.15) is 5.10 Å². The first-order valence-electron chi connectivity index (χ1n) is 3.34. The summed E-state index contributed by atoms with van der Waals surface area (Å²) in [5.74, 6) is 0.500. The molecule has 1 heterocycles. The topological polar surface area (TPSA) is 17.8 Å². The molecule has 4 heteroatoms. The molecular weight excluding hydrogens is 183 g/mol. The van der Waals surface area contributed by atoms with Crippen LogP contribution in [0.2, 0.25) is 0 Å². The van der Waals surface area contributed by atoms with Gasteiger partial charge >= 0.3 is 0 Å². The highest BCUT2D eigenvalue weighted by atomic mass is 35.5. The lowest BCUT2D eigenvalue weighted by Crippen LogP contribution is -2.01. The summed E-state index contributed by atoms with van der Waals surface area (Å²) in [6.07, 6.45) is 1.95. The Hall–Kier alpha value is -0.210. The van der Waals surface area contributed by atoms with E-state index in [9.17, 15) is 0 Å². The fourth-order valence-corrected chi connectivity index (χ4v) is 0.879. The molecule has 0 saturated heterocycles. The van der Waals surface area contributed by atoms with Crippen molar-refractivity contribution in [2.45, 2.75) is 25.8 Å². The van der Waals surface area contributed by atoms with Gasteiger partial charge in [0.1, 0.15) is 0 Å². The van der Waals surface area contributed by atoms with Crippen molar-refractivity contribution in [1.82, 2.24) is 9.78 Å². The number of rotatable bonds is 2. The van der Waals surface area contributed by atoms with E-state index in [0.29, 0.717) is 11.9 Å². The van der Waals surface area contributed by atoms with Crippen LogP contribution < -0.4 is 0 Å². The molecule has 0 radical (unpaired) electrons. The Kier molecular flexibility index (Phi) is 4.54. The molecule has 2 nitrogen and oxygen atoms in total. The van der Waals surface area contributed by atoms with Crippen LogP contribution in [0.1, 0.15) is 25.6 Å². The van der Waals surface area contributed by atoms with Crippen LogP contribution in [0.25, 0.3) is 0 Å². The molecular formula is C7H12Cl2N2. The molecule has 0 fully saturated rings. The van der Waals surface area contributed by atoms with Crippen molar-refractivity contribution in [2.24, 2.45) is 0 Å². The first kappa shape index (κ1) is 10.8. The minimum Gasteiger partial charge on any atom is -0.270 e. The summed E-state index contributed by atoms with van der Waals surface area (Å²) in [6.45, 7) is 4.18. The van der Waals surface area contributed by atoms with Gasteiger partial charge in [0.25, 0.3) is 0 Å².